The fourth-order valence-corrected chi connectivity index (χ4v) is 2.72. The van der Waals surface area contributed by atoms with Gasteiger partial charge >= 0.3 is 0 Å². The molecule has 1 heterocycles. The molecule has 0 N–H and O–H groups in total. The predicted molar refractivity (Wildman–Crippen MR) is 81.9 cm³/mol. The summed E-state index contributed by atoms with van der Waals surface area (Å²) in [5.41, 5.74) is 2.63. The Kier molecular flexibility index (Phi) is 3.75. The average molecular weight is 297 g/mol. The topological polar surface area (TPSA) is 37.4 Å². The number of rotatable bonds is 3. The van der Waals surface area contributed by atoms with Crippen LogP contribution in [0.1, 0.15) is 17.5 Å². The van der Waals surface area contributed by atoms with Crippen LogP contribution in [-0.2, 0) is 16.0 Å². The Labute approximate surface area is 128 Å². The van der Waals surface area contributed by atoms with Crippen LogP contribution in [0, 0.1) is 18.7 Å². The first kappa shape index (κ1) is 14.4. The van der Waals surface area contributed by atoms with Crippen molar-refractivity contribution >= 4 is 17.5 Å². The lowest BCUT2D eigenvalue weighted by Crippen LogP contribution is -2.30. The number of hydrogen-bond donors (Lipinski definition) is 0. The molecule has 1 aliphatic heterocycles. The molecule has 0 spiro atoms. The summed E-state index contributed by atoms with van der Waals surface area (Å²) in [5.74, 6) is -1.18. The number of halogens is 1. The molecule has 0 radical (unpaired) electrons. The largest absolute Gasteiger partial charge is 0.274 e. The fourth-order valence-electron chi connectivity index (χ4n) is 2.72. The van der Waals surface area contributed by atoms with E-state index < -0.39 is 0 Å². The Morgan fingerprint density at radius 2 is 1.68 bits per heavy atom. The predicted octanol–water partition coefficient (Wildman–Crippen LogP) is 3.26. The number of imide groups is 1. The molecule has 1 saturated heterocycles. The molecular weight excluding hydrogens is 281 g/mol. The zero-order chi connectivity index (χ0) is 15.7. The van der Waals surface area contributed by atoms with Crippen LogP contribution in [0.3, 0.4) is 0 Å². The van der Waals surface area contributed by atoms with Crippen LogP contribution in [0.4, 0.5) is 10.1 Å². The molecule has 2 amide bonds. The lowest BCUT2D eigenvalue weighted by Gasteiger charge is -2.15. The zero-order valence-electron chi connectivity index (χ0n) is 12.3. The van der Waals surface area contributed by atoms with E-state index >= 15 is 0 Å². The van der Waals surface area contributed by atoms with Gasteiger partial charge in [-0.25, -0.2) is 4.39 Å². The lowest BCUT2D eigenvalue weighted by molar-refractivity contribution is -0.122. The van der Waals surface area contributed by atoms with Crippen molar-refractivity contribution < 1.29 is 14.0 Å². The molecule has 0 saturated carbocycles. The van der Waals surface area contributed by atoms with E-state index in [1.807, 2.05) is 31.2 Å². The summed E-state index contributed by atoms with van der Waals surface area (Å²) >= 11 is 0. The Bertz CT molecular complexity index is 707. The summed E-state index contributed by atoms with van der Waals surface area (Å²) in [7, 11) is 0. The van der Waals surface area contributed by atoms with Crippen molar-refractivity contribution in [2.45, 2.75) is 19.8 Å². The van der Waals surface area contributed by atoms with Gasteiger partial charge in [-0.3, -0.25) is 14.5 Å². The summed E-state index contributed by atoms with van der Waals surface area (Å²) < 4.78 is 13.0. The minimum Gasteiger partial charge on any atom is -0.274 e. The van der Waals surface area contributed by atoms with Crippen LogP contribution in [-0.4, -0.2) is 11.8 Å². The molecule has 1 unspecified atom stereocenters. The monoisotopic (exact) mass is 297 g/mol. The minimum absolute atomic E-state index is 0.198. The highest BCUT2D eigenvalue weighted by atomic mass is 19.1. The zero-order valence-corrected chi connectivity index (χ0v) is 12.3. The van der Waals surface area contributed by atoms with E-state index in [1.54, 1.807) is 0 Å². The quantitative estimate of drug-likeness (QED) is 0.816. The second-order valence-electron chi connectivity index (χ2n) is 5.63. The van der Waals surface area contributed by atoms with Crippen molar-refractivity contribution in [1.29, 1.82) is 0 Å². The smallest absolute Gasteiger partial charge is 0.237 e. The van der Waals surface area contributed by atoms with E-state index in [0.717, 1.165) is 16.0 Å². The summed E-state index contributed by atoms with van der Waals surface area (Å²) in [6, 6.07) is 13.4. The molecule has 1 aliphatic rings. The highest BCUT2D eigenvalue weighted by molar-refractivity contribution is 6.20. The maximum atomic E-state index is 13.0. The molecule has 2 aromatic rings. The first-order chi connectivity index (χ1) is 10.5. The molecule has 1 atom stereocenters. The summed E-state index contributed by atoms with van der Waals surface area (Å²) in [4.78, 5) is 25.8. The van der Waals surface area contributed by atoms with Crippen LogP contribution in [0.15, 0.2) is 48.5 Å². The standard InChI is InChI=1S/C18H16FNO2/c1-12-2-4-13(5-3-12)10-14-11-17(21)20(18(14)22)16-8-6-15(19)7-9-16/h2-9,14H,10-11H2,1H3. The molecule has 3 rings (SSSR count). The van der Waals surface area contributed by atoms with Gasteiger partial charge in [0.25, 0.3) is 0 Å². The summed E-state index contributed by atoms with van der Waals surface area (Å²) in [6.45, 7) is 2.00. The Balaban J connectivity index is 1.79. The van der Waals surface area contributed by atoms with E-state index in [0.29, 0.717) is 12.1 Å². The highest BCUT2D eigenvalue weighted by Gasteiger charge is 2.39. The summed E-state index contributed by atoms with van der Waals surface area (Å²) in [6.07, 6.45) is 0.743. The molecule has 2 aromatic carbocycles. The maximum absolute atomic E-state index is 13.0. The van der Waals surface area contributed by atoms with Crippen molar-refractivity contribution in [2.24, 2.45) is 5.92 Å². The molecule has 22 heavy (non-hydrogen) atoms. The minimum atomic E-state index is -0.390. The Morgan fingerprint density at radius 1 is 1.05 bits per heavy atom. The first-order valence-electron chi connectivity index (χ1n) is 7.22. The fraction of sp³-hybridized carbons (Fsp3) is 0.222. The second-order valence-corrected chi connectivity index (χ2v) is 5.63. The Morgan fingerprint density at radius 3 is 2.32 bits per heavy atom. The summed E-state index contributed by atoms with van der Waals surface area (Å²) in [5, 5.41) is 0. The van der Waals surface area contributed by atoms with E-state index in [1.165, 1.54) is 24.3 Å². The molecule has 1 fully saturated rings. The van der Waals surface area contributed by atoms with Crippen molar-refractivity contribution in [3.8, 4) is 0 Å². The number of hydrogen-bond acceptors (Lipinski definition) is 2. The Hall–Kier alpha value is -2.49. The number of nitrogens with zero attached hydrogens (tertiary/aromatic N) is 1. The van der Waals surface area contributed by atoms with Gasteiger partial charge in [-0.05, 0) is 43.2 Å². The highest BCUT2D eigenvalue weighted by Crippen LogP contribution is 2.28. The van der Waals surface area contributed by atoms with Gasteiger partial charge < -0.3 is 0 Å². The third-order valence-corrected chi connectivity index (χ3v) is 3.93. The third-order valence-electron chi connectivity index (χ3n) is 3.93. The number of benzene rings is 2. The normalized spacial score (nSPS) is 18.1. The van der Waals surface area contributed by atoms with Crippen molar-refractivity contribution in [2.75, 3.05) is 4.90 Å². The van der Waals surface area contributed by atoms with Gasteiger partial charge in [-0.2, -0.15) is 0 Å². The van der Waals surface area contributed by atoms with E-state index in [4.69, 9.17) is 0 Å². The number of carbonyl (C=O) groups excluding carboxylic acids is 2. The van der Waals surface area contributed by atoms with E-state index in [2.05, 4.69) is 0 Å². The number of carbonyl (C=O) groups is 2. The average Bonchev–Trinajstić information content (AvgIpc) is 2.77. The van der Waals surface area contributed by atoms with Gasteiger partial charge in [-0.1, -0.05) is 29.8 Å². The molecule has 4 heteroatoms. The van der Waals surface area contributed by atoms with Gasteiger partial charge in [0.1, 0.15) is 5.82 Å². The molecular formula is C18H16FNO2. The van der Waals surface area contributed by atoms with E-state index in [-0.39, 0.29) is 30.0 Å². The molecule has 0 aromatic heterocycles. The SMILES string of the molecule is Cc1ccc(CC2CC(=O)N(c3ccc(F)cc3)C2=O)cc1. The first-order valence-corrected chi connectivity index (χ1v) is 7.22. The van der Waals surface area contributed by atoms with Crippen molar-refractivity contribution in [1.82, 2.24) is 0 Å². The van der Waals surface area contributed by atoms with Crippen LogP contribution in [0.5, 0.6) is 0 Å². The number of amides is 2. The van der Waals surface area contributed by atoms with Crippen LogP contribution in [0.2, 0.25) is 0 Å². The molecule has 3 nitrogen and oxygen atoms in total. The van der Waals surface area contributed by atoms with Crippen LogP contribution in [0.25, 0.3) is 0 Å². The van der Waals surface area contributed by atoms with Gasteiger partial charge in [-0.15, -0.1) is 0 Å². The molecule has 0 bridgehead atoms. The van der Waals surface area contributed by atoms with Gasteiger partial charge in [0.2, 0.25) is 11.8 Å². The molecule has 112 valence electrons. The maximum Gasteiger partial charge on any atom is 0.237 e. The van der Waals surface area contributed by atoms with Gasteiger partial charge in [0.15, 0.2) is 0 Å². The number of aryl methyl sites for hydroxylation is 1. The van der Waals surface area contributed by atoms with Crippen LogP contribution < -0.4 is 4.90 Å². The second kappa shape index (κ2) is 5.72. The van der Waals surface area contributed by atoms with Crippen molar-refractivity contribution in [3.63, 3.8) is 0 Å². The van der Waals surface area contributed by atoms with Gasteiger partial charge in [0.05, 0.1) is 11.6 Å². The van der Waals surface area contributed by atoms with Gasteiger partial charge in [0, 0.05) is 6.42 Å². The molecule has 0 aliphatic carbocycles. The lowest BCUT2D eigenvalue weighted by atomic mass is 9.97. The third kappa shape index (κ3) is 2.77. The van der Waals surface area contributed by atoms with Crippen molar-refractivity contribution in [3.05, 3.63) is 65.5 Å². The van der Waals surface area contributed by atoms with Crippen LogP contribution >= 0.6 is 0 Å². The number of anilines is 1. The van der Waals surface area contributed by atoms with E-state index in [9.17, 15) is 14.0 Å².